The molecule has 0 amide bonds. The first-order valence-corrected chi connectivity index (χ1v) is 5.16. The van der Waals surface area contributed by atoms with Crippen molar-refractivity contribution in [3.8, 4) is 5.69 Å². The molecule has 0 bridgehead atoms. The van der Waals surface area contributed by atoms with E-state index in [1.54, 1.807) is 10.9 Å². The Morgan fingerprint density at radius 1 is 1.27 bits per heavy atom. The molecule has 1 aliphatic rings. The Hall–Kier alpha value is -1.84. The first-order valence-electron chi connectivity index (χ1n) is 5.16. The van der Waals surface area contributed by atoms with Crippen molar-refractivity contribution >= 4 is 5.69 Å². The molecular weight excluding hydrogens is 188 g/mol. The zero-order chi connectivity index (χ0) is 10.1. The first-order chi connectivity index (χ1) is 7.43. The van der Waals surface area contributed by atoms with Gasteiger partial charge in [-0.25, -0.2) is 4.68 Å². The van der Waals surface area contributed by atoms with Gasteiger partial charge < -0.3 is 5.32 Å². The number of anilines is 1. The molecule has 3 rings (SSSR count). The minimum Gasteiger partial charge on any atom is -0.381 e. The van der Waals surface area contributed by atoms with Crippen LogP contribution in [0.1, 0.15) is 12.8 Å². The van der Waals surface area contributed by atoms with E-state index < -0.39 is 0 Å². The van der Waals surface area contributed by atoms with Crippen molar-refractivity contribution in [3.05, 3.63) is 36.7 Å². The van der Waals surface area contributed by atoms with Crippen LogP contribution in [0.5, 0.6) is 0 Å². The number of para-hydroxylation sites is 2. The molecule has 1 aliphatic carbocycles. The summed E-state index contributed by atoms with van der Waals surface area (Å²) >= 11 is 0. The molecule has 4 heteroatoms. The molecule has 1 saturated carbocycles. The quantitative estimate of drug-likeness (QED) is 0.822. The van der Waals surface area contributed by atoms with E-state index in [4.69, 9.17) is 0 Å². The van der Waals surface area contributed by atoms with Crippen LogP contribution in [0.25, 0.3) is 5.69 Å². The number of nitrogens with zero attached hydrogens (tertiary/aromatic N) is 3. The number of rotatable bonds is 3. The standard InChI is InChI=1S/C11H12N4/c1-2-4-11(15-8-7-12-14-15)10(3-1)13-9-5-6-9/h1-4,7-9,13H,5-6H2. The topological polar surface area (TPSA) is 42.7 Å². The van der Waals surface area contributed by atoms with E-state index in [-0.39, 0.29) is 0 Å². The summed E-state index contributed by atoms with van der Waals surface area (Å²) < 4.78 is 1.78. The Bertz CT molecular complexity index is 445. The summed E-state index contributed by atoms with van der Waals surface area (Å²) in [6.07, 6.45) is 6.08. The molecule has 1 N–H and O–H groups in total. The largest absolute Gasteiger partial charge is 0.381 e. The molecule has 0 aliphatic heterocycles. The Labute approximate surface area is 87.9 Å². The number of benzene rings is 1. The van der Waals surface area contributed by atoms with Gasteiger partial charge in [0.15, 0.2) is 0 Å². The molecule has 4 nitrogen and oxygen atoms in total. The maximum atomic E-state index is 4.00. The van der Waals surface area contributed by atoms with Crippen LogP contribution in [-0.2, 0) is 0 Å². The highest BCUT2D eigenvalue weighted by molar-refractivity contribution is 5.61. The SMILES string of the molecule is c1ccc(-n2ccnn2)c(NC2CC2)c1. The Morgan fingerprint density at radius 2 is 2.13 bits per heavy atom. The van der Waals surface area contributed by atoms with Crippen molar-refractivity contribution < 1.29 is 0 Å². The summed E-state index contributed by atoms with van der Waals surface area (Å²) in [6, 6.07) is 8.81. The van der Waals surface area contributed by atoms with Gasteiger partial charge in [-0.1, -0.05) is 17.3 Å². The number of hydrogen-bond donors (Lipinski definition) is 1. The Morgan fingerprint density at radius 3 is 2.87 bits per heavy atom. The fourth-order valence-corrected chi connectivity index (χ4v) is 1.58. The van der Waals surface area contributed by atoms with Crippen molar-refractivity contribution in [1.82, 2.24) is 15.0 Å². The molecule has 1 heterocycles. The van der Waals surface area contributed by atoms with Gasteiger partial charge in [0.05, 0.1) is 23.8 Å². The fourth-order valence-electron chi connectivity index (χ4n) is 1.58. The van der Waals surface area contributed by atoms with Crippen molar-refractivity contribution in [1.29, 1.82) is 0 Å². The number of aromatic nitrogens is 3. The van der Waals surface area contributed by atoms with E-state index in [9.17, 15) is 0 Å². The maximum absolute atomic E-state index is 4.00. The summed E-state index contributed by atoms with van der Waals surface area (Å²) in [5, 5.41) is 11.3. The molecule has 1 fully saturated rings. The van der Waals surface area contributed by atoms with Gasteiger partial charge in [0.2, 0.25) is 0 Å². The lowest BCUT2D eigenvalue weighted by atomic mass is 10.2. The highest BCUT2D eigenvalue weighted by Crippen LogP contribution is 2.27. The van der Waals surface area contributed by atoms with Crippen molar-refractivity contribution in [2.24, 2.45) is 0 Å². The molecule has 1 aromatic carbocycles. The van der Waals surface area contributed by atoms with Gasteiger partial charge in [-0.15, -0.1) is 5.10 Å². The van der Waals surface area contributed by atoms with Crippen molar-refractivity contribution in [2.75, 3.05) is 5.32 Å². The summed E-state index contributed by atoms with van der Waals surface area (Å²) in [5.41, 5.74) is 2.19. The summed E-state index contributed by atoms with van der Waals surface area (Å²) in [6.45, 7) is 0. The minimum absolute atomic E-state index is 0.648. The van der Waals surface area contributed by atoms with Gasteiger partial charge >= 0.3 is 0 Å². The van der Waals surface area contributed by atoms with Crippen LogP contribution >= 0.6 is 0 Å². The molecular formula is C11H12N4. The molecule has 15 heavy (non-hydrogen) atoms. The lowest BCUT2D eigenvalue weighted by Crippen LogP contribution is -2.06. The van der Waals surface area contributed by atoms with Crippen LogP contribution in [0.3, 0.4) is 0 Å². The van der Waals surface area contributed by atoms with Gasteiger partial charge in [-0.3, -0.25) is 0 Å². The predicted molar refractivity (Wildman–Crippen MR) is 58.0 cm³/mol. The summed E-state index contributed by atoms with van der Waals surface area (Å²) in [5.74, 6) is 0. The highest BCUT2D eigenvalue weighted by atomic mass is 15.4. The lowest BCUT2D eigenvalue weighted by Gasteiger charge is -2.10. The predicted octanol–water partition coefficient (Wildman–Crippen LogP) is 1.84. The second kappa shape index (κ2) is 3.38. The second-order valence-corrected chi connectivity index (χ2v) is 3.78. The lowest BCUT2D eigenvalue weighted by molar-refractivity contribution is 0.803. The smallest absolute Gasteiger partial charge is 0.0894 e. The first kappa shape index (κ1) is 8.47. The fraction of sp³-hybridized carbons (Fsp3) is 0.273. The Balaban J connectivity index is 1.98. The van der Waals surface area contributed by atoms with Crippen LogP contribution < -0.4 is 5.32 Å². The molecule has 1 aromatic heterocycles. The second-order valence-electron chi connectivity index (χ2n) is 3.78. The average molecular weight is 200 g/mol. The van der Waals surface area contributed by atoms with Crippen LogP contribution in [0.15, 0.2) is 36.7 Å². The van der Waals surface area contributed by atoms with E-state index in [1.807, 2.05) is 24.4 Å². The van der Waals surface area contributed by atoms with Crippen LogP contribution in [0.2, 0.25) is 0 Å². The van der Waals surface area contributed by atoms with Gasteiger partial charge in [-0.2, -0.15) is 0 Å². The third-order valence-electron chi connectivity index (χ3n) is 2.51. The molecule has 0 unspecified atom stereocenters. The van der Waals surface area contributed by atoms with E-state index in [0.29, 0.717) is 6.04 Å². The maximum Gasteiger partial charge on any atom is 0.0894 e. The third kappa shape index (κ3) is 1.70. The van der Waals surface area contributed by atoms with Gasteiger partial charge in [0, 0.05) is 6.04 Å². The van der Waals surface area contributed by atoms with Crippen molar-refractivity contribution in [3.63, 3.8) is 0 Å². The number of hydrogen-bond acceptors (Lipinski definition) is 3. The average Bonchev–Trinajstić information content (AvgIpc) is 2.93. The number of nitrogens with one attached hydrogen (secondary N) is 1. The molecule has 0 saturated heterocycles. The van der Waals surface area contributed by atoms with E-state index in [1.165, 1.54) is 12.8 Å². The van der Waals surface area contributed by atoms with E-state index in [0.717, 1.165) is 11.4 Å². The summed E-state index contributed by atoms with van der Waals surface area (Å²) in [4.78, 5) is 0. The molecule has 76 valence electrons. The van der Waals surface area contributed by atoms with Gasteiger partial charge in [-0.05, 0) is 25.0 Å². The Kier molecular flexibility index (Phi) is 1.91. The normalized spacial score (nSPS) is 15.2. The van der Waals surface area contributed by atoms with Crippen LogP contribution in [0, 0.1) is 0 Å². The van der Waals surface area contributed by atoms with E-state index in [2.05, 4.69) is 21.7 Å². The minimum atomic E-state index is 0.648. The van der Waals surface area contributed by atoms with Crippen LogP contribution in [0.4, 0.5) is 5.69 Å². The summed E-state index contributed by atoms with van der Waals surface area (Å²) in [7, 11) is 0. The highest BCUT2D eigenvalue weighted by Gasteiger charge is 2.21. The van der Waals surface area contributed by atoms with Gasteiger partial charge in [0.1, 0.15) is 0 Å². The van der Waals surface area contributed by atoms with E-state index >= 15 is 0 Å². The van der Waals surface area contributed by atoms with Crippen molar-refractivity contribution in [2.45, 2.75) is 18.9 Å². The molecule has 0 spiro atoms. The van der Waals surface area contributed by atoms with Gasteiger partial charge in [0.25, 0.3) is 0 Å². The zero-order valence-corrected chi connectivity index (χ0v) is 8.30. The zero-order valence-electron chi connectivity index (χ0n) is 8.30. The molecule has 2 aromatic rings. The monoisotopic (exact) mass is 200 g/mol. The third-order valence-corrected chi connectivity index (χ3v) is 2.51. The van der Waals surface area contributed by atoms with Crippen LogP contribution in [-0.4, -0.2) is 21.0 Å². The molecule has 0 radical (unpaired) electrons. The molecule has 0 atom stereocenters.